The number of hydrogen-bond donors (Lipinski definition) is 1. The second-order valence-corrected chi connectivity index (χ2v) is 4.57. The second kappa shape index (κ2) is 6.43. The zero-order chi connectivity index (χ0) is 12.8. The molecule has 2 nitrogen and oxygen atoms in total. The highest BCUT2D eigenvalue weighted by Gasteiger charge is 2.09. The SMILES string of the molecule is CCc1ccc(C(C)CCC(=O)O)cc1CC. The van der Waals surface area contributed by atoms with E-state index in [1.54, 1.807) is 0 Å². The lowest BCUT2D eigenvalue weighted by atomic mass is 9.91. The summed E-state index contributed by atoms with van der Waals surface area (Å²) in [6.45, 7) is 6.44. The summed E-state index contributed by atoms with van der Waals surface area (Å²) in [5.74, 6) is -0.389. The van der Waals surface area contributed by atoms with E-state index in [0.717, 1.165) is 12.8 Å². The molecule has 0 aliphatic rings. The lowest BCUT2D eigenvalue weighted by Crippen LogP contribution is -2.01. The van der Waals surface area contributed by atoms with E-state index in [1.165, 1.54) is 16.7 Å². The van der Waals surface area contributed by atoms with Crippen LogP contribution in [0.4, 0.5) is 0 Å². The van der Waals surface area contributed by atoms with Gasteiger partial charge in [0.2, 0.25) is 0 Å². The molecule has 2 heteroatoms. The first-order valence-corrected chi connectivity index (χ1v) is 6.41. The summed E-state index contributed by atoms with van der Waals surface area (Å²) in [5.41, 5.74) is 4.06. The Morgan fingerprint density at radius 1 is 1.24 bits per heavy atom. The number of hydrogen-bond acceptors (Lipinski definition) is 1. The van der Waals surface area contributed by atoms with Gasteiger partial charge in [-0.2, -0.15) is 0 Å². The molecule has 0 bridgehead atoms. The number of carboxylic acid groups (broad SMARTS) is 1. The van der Waals surface area contributed by atoms with Gasteiger partial charge in [0.1, 0.15) is 0 Å². The highest BCUT2D eigenvalue weighted by atomic mass is 16.4. The second-order valence-electron chi connectivity index (χ2n) is 4.57. The molecule has 0 saturated carbocycles. The molecule has 17 heavy (non-hydrogen) atoms. The molecule has 1 aromatic carbocycles. The van der Waals surface area contributed by atoms with E-state index < -0.39 is 5.97 Å². The fourth-order valence-electron chi connectivity index (χ4n) is 2.13. The average Bonchev–Trinajstić information content (AvgIpc) is 2.34. The molecule has 0 heterocycles. The summed E-state index contributed by atoms with van der Waals surface area (Å²) in [4.78, 5) is 10.6. The lowest BCUT2D eigenvalue weighted by molar-refractivity contribution is -0.137. The van der Waals surface area contributed by atoms with Gasteiger partial charge in [0, 0.05) is 6.42 Å². The third-order valence-electron chi connectivity index (χ3n) is 3.35. The molecule has 1 rings (SSSR count). The summed E-state index contributed by atoms with van der Waals surface area (Å²) < 4.78 is 0. The molecule has 0 aromatic heterocycles. The predicted molar refractivity (Wildman–Crippen MR) is 70.5 cm³/mol. The van der Waals surface area contributed by atoms with Crippen LogP contribution in [0, 0.1) is 0 Å². The normalized spacial score (nSPS) is 12.4. The zero-order valence-corrected chi connectivity index (χ0v) is 11.0. The van der Waals surface area contributed by atoms with Crippen LogP contribution in [0.2, 0.25) is 0 Å². The largest absolute Gasteiger partial charge is 0.481 e. The van der Waals surface area contributed by atoms with E-state index in [-0.39, 0.29) is 6.42 Å². The highest BCUT2D eigenvalue weighted by Crippen LogP contribution is 2.24. The van der Waals surface area contributed by atoms with Crippen molar-refractivity contribution < 1.29 is 9.90 Å². The van der Waals surface area contributed by atoms with Crippen molar-refractivity contribution in [3.8, 4) is 0 Å². The molecule has 0 amide bonds. The fraction of sp³-hybridized carbons (Fsp3) is 0.533. The minimum absolute atomic E-state index is 0.248. The number of aryl methyl sites for hydroxylation is 2. The van der Waals surface area contributed by atoms with Crippen LogP contribution in [0.25, 0.3) is 0 Å². The quantitative estimate of drug-likeness (QED) is 0.813. The number of carbonyl (C=O) groups is 1. The predicted octanol–water partition coefficient (Wildman–Crippen LogP) is 3.78. The molecule has 0 fully saturated rings. The molecular formula is C15H22O2. The molecule has 0 saturated heterocycles. The smallest absolute Gasteiger partial charge is 0.303 e. The Balaban J connectivity index is 2.80. The Morgan fingerprint density at radius 3 is 2.41 bits per heavy atom. The first kappa shape index (κ1) is 13.8. The molecule has 0 aliphatic heterocycles. The Kier molecular flexibility index (Phi) is 5.20. The van der Waals surface area contributed by atoms with E-state index in [2.05, 4.69) is 39.0 Å². The van der Waals surface area contributed by atoms with Crippen LogP contribution in [-0.2, 0) is 17.6 Å². The molecule has 1 unspecified atom stereocenters. The van der Waals surface area contributed by atoms with Gasteiger partial charge in [-0.05, 0) is 41.9 Å². The van der Waals surface area contributed by atoms with Crippen molar-refractivity contribution in [3.05, 3.63) is 34.9 Å². The van der Waals surface area contributed by atoms with Gasteiger partial charge in [-0.25, -0.2) is 0 Å². The van der Waals surface area contributed by atoms with Crippen molar-refractivity contribution in [2.45, 2.75) is 52.4 Å². The molecule has 0 spiro atoms. The Labute approximate surface area is 104 Å². The molecule has 1 aromatic rings. The van der Waals surface area contributed by atoms with E-state index >= 15 is 0 Å². The molecule has 0 aliphatic carbocycles. The van der Waals surface area contributed by atoms with Crippen molar-refractivity contribution in [2.75, 3.05) is 0 Å². The van der Waals surface area contributed by atoms with Gasteiger partial charge < -0.3 is 5.11 Å². The van der Waals surface area contributed by atoms with E-state index in [4.69, 9.17) is 5.11 Å². The maximum absolute atomic E-state index is 10.6. The van der Waals surface area contributed by atoms with Crippen molar-refractivity contribution in [1.29, 1.82) is 0 Å². The molecular weight excluding hydrogens is 212 g/mol. The van der Waals surface area contributed by atoms with Crippen molar-refractivity contribution >= 4 is 5.97 Å². The van der Waals surface area contributed by atoms with E-state index in [9.17, 15) is 4.79 Å². The Morgan fingerprint density at radius 2 is 1.88 bits per heavy atom. The Bertz CT molecular complexity index is 383. The van der Waals surface area contributed by atoms with Crippen molar-refractivity contribution in [2.24, 2.45) is 0 Å². The topological polar surface area (TPSA) is 37.3 Å². The van der Waals surface area contributed by atoms with Gasteiger partial charge in [-0.15, -0.1) is 0 Å². The summed E-state index contributed by atoms with van der Waals surface area (Å²) in [7, 11) is 0. The number of benzene rings is 1. The van der Waals surface area contributed by atoms with Crippen molar-refractivity contribution in [3.63, 3.8) is 0 Å². The minimum Gasteiger partial charge on any atom is -0.481 e. The summed E-state index contributed by atoms with van der Waals surface area (Å²) in [6, 6.07) is 6.57. The van der Waals surface area contributed by atoms with Gasteiger partial charge in [-0.1, -0.05) is 39.0 Å². The average molecular weight is 234 g/mol. The maximum atomic E-state index is 10.6. The van der Waals surface area contributed by atoms with Gasteiger partial charge in [-0.3, -0.25) is 4.79 Å². The van der Waals surface area contributed by atoms with Crippen LogP contribution in [0.3, 0.4) is 0 Å². The number of rotatable bonds is 6. The Hall–Kier alpha value is -1.31. The molecule has 0 radical (unpaired) electrons. The van der Waals surface area contributed by atoms with Gasteiger partial charge >= 0.3 is 5.97 Å². The molecule has 94 valence electrons. The fourth-order valence-corrected chi connectivity index (χ4v) is 2.13. The van der Waals surface area contributed by atoms with Crippen LogP contribution in [0.5, 0.6) is 0 Å². The van der Waals surface area contributed by atoms with E-state index in [1.807, 2.05) is 0 Å². The van der Waals surface area contributed by atoms with Crippen LogP contribution >= 0.6 is 0 Å². The summed E-state index contributed by atoms with van der Waals surface area (Å²) >= 11 is 0. The number of aliphatic carboxylic acids is 1. The first-order valence-electron chi connectivity index (χ1n) is 6.41. The summed E-state index contributed by atoms with van der Waals surface area (Å²) in [6.07, 6.45) is 3.07. The molecule has 1 atom stereocenters. The lowest BCUT2D eigenvalue weighted by Gasteiger charge is -2.14. The molecule has 1 N–H and O–H groups in total. The number of carboxylic acids is 1. The minimum atomic E-state index is -0.710. The third-order valence-corrected chi connectivity index (χ3v) is 3.35. The highest BCUT2D eigenvalue weighted by molar-refractivity contribution is 5.66. The van der Waals surface area contributed by atoms with Crippen LogP contribution < -0.4 is 0 Å². The standard InChI is InChI=1S/C15H22O2/c1-4-12-7-8-14(10-13(12)5-2)11(3)6-9-15(16)17/h7-8,10-11H,4-6,9H2,1-3H3,(H,16,17). The van der Waals surface area contributed by atoms with Gasteiger partial charge in [0.05, 0.1) is 0 Å². The van der Waals surface area contributed by atoms with Gasteiger partial charge in [0.15, 0.2) is 0 Å². The summed E-state index contributed by atoms with van der Waals surface area (Å²) in [5, 5.41) is 8.69. The van der Waals surface area contributed by atoms with Crippen LogP contribution in [0.1, 0.15) is 56.2 Å². The third kappa shape index (κ3) is 3.88. The van der Waals surface area contributed by atoms with Crippen molar-refractivity contribution in [1.82, 2.24) is 0 Å². The first-order chi connectivity index (χ1) is 8.08. The monoisotopic (exact) mass is 234 g/mol. The van der Waals surface area contributed by atoms with E-state index in [0.29, 0.717) is 12.3 Å². The van der Waals surface area contributed by atoms with Gasteiger partial charge in [0.25, 0.3) is 0 Å². The van der Waals surface area contributed by atoms with Crippen LogP contribution in [0.15, 0.2) is 18.2 Å². The zero-order valence-electron chi connectivity index (χ0n) is 11.0. The maximum Gasteiger partial charge on any atom is 0.303 e. The van der Waals surface area contributed by atoms with Crippen LogP contribution in [-0.4, -0.2) is 11.1 Å².